The number of ether oxygens (including phenoxy) is 1. The highest BCUT2D eigenvalue weighted by molar-refractivity contribution is 6.32. The van der Waals surface area contributed by atoms with Crippen LogP contribution in [0.5, 0.6) is 11.5 Å². The Morgan fingerprint density at radius 3 is 2.84 bits per heavy atom. The molecule has 0 saturated carbocycles. The lowest BCUT2D eigenvalue weighted by atomic mass is 10.1. The summed E-state index contributed by atoms with van der Waals surface area (Å²) in [5, 5.41) is 14.4. The Morgan fingerprint density at radius 2 is 2.09 bits per heavy atom. The van der Waals surface area contributed by atoms with Gasteiger partial charge in [-0.3, -0.25) is 4.79 Å². The number of carbonyl (C=O) groups excluding carboxylic acids is 1. The third-order valence-corrected chi connectivity index (χ3v) is 6.05. The molecule has 2 heterocycles. The molecule has 1 atom stereocenters. The summed E-state index contributed by atoms with van der Waals surface area (Å²) < 4.78 is 7.59. The van der Waals surface area contributed by atoms with Crippen LogP contribution < -0.4 is 16.2 Å². The highest BCUT2D eigenvalue weighted by Crippen LogP contribution is 2.36. The first kappa shape index (κ1) is 21.5. The summed E-state index contributed by atoms with van der Waals surface area (Å²) in [5.74, 6) is 0.602. The molecule has 1 amide bonds. The van der Waals surface area contributed by atoms with Crippen molar-refractivity contribution in [3.8, 4) is 28.9 Å². The van der Waals surface area contributed by atoms with Crippen molar-refractivity contribution < 1.29 is 9.53 Å². The van der Waals surface area contributed by atoms with E-state index in [1.54, 1.807) is 33.8 Å². The Morgan fingerprint density at radius 1 is 1.31 bits per heavy atom. The van der Waals surface area contributed by atoms with Crippen LogP contribution in [0, 0.1) is 18.4 Å². The van der Waals surface area contributed by atoms with E-state index in [9.17, 15) is 10.1 Å². The number of nitrogens with zero attached hydrogens (tertiary/aromatic N) is 4. The first-order chi connectivity index (χ1) is 15.4. The van der Waals surface area contributed by atoms with Crippen LogP contribution in [0.15, 0.2) is 42.5 Å². The second-order valence-electron chi connectivity index (χ2n) is 7.78. The van der Waals surface area contributed by atoms with Crippen molar-refractivity contribution in [2.75, 3.05) is 18.8 Å². The smallest absolute Gasteiger partial charge is 0.254 e. The largest absolute Gasteiger partial charge is 0.456 e. The van der Waals surface area contributed by atoms with E-state index in [1.165, 1.54) is 0 Å². The zero-order valence-corrected chi connectivity index (χ0v) is 18.3. The van der Waals surface area contributed by atoms with E-state index >= 15 is 0 Å². The van der Waals surface area contributed by atoms with Gasteiger partial charge in [-0.1, -0.05) is 35.9 Å². The first-order valence-electron chi connectivity index (χ1n) is 10.2. The van der Waals surface area contributed by atoms with Crippen LogP contribution in [0.2, 0.25) is 5.02 Å². The van der Waals surface area contributed by atoms with Gasteiger partial charge < -0.3 is 21.1 Å². The van der Waals surface area contributed by atoms with E-state index in [2.05, 4.69) is 11.3 Å². The molecule has 0 aliphatic carbocycles. The van der Waals surface area contributed by atoms with Gasteiger partial charge >= 0.3 is 0 Å². The van der Waals surface area contributed by atoms with Gasteiger partial charge in [-0.25, -0.2) is 4.68 Å². The lowest BCUT2D eigenvalue weighted by Crippen LogP contribution is -2.34. The summed E-state index contributed by atoms with van der Waals surface area (Å²) in [5.41, 5.74) is 14.0. The van der Waals surface area contributed by atoms with Crippen molar-refractivity contribution in [3.05, 3.63) is 58.6 Å². The highest BCUT2D eigenvalue weighted by Gasteiger charge is 2.28. The number of piperidine rings is 1. The number of nitriles is 1. The van der Waals surface area contributed by atoms with E-state index < -0.39 is 5.91 Å². The van der Waals surface area contributed by atoms with Crippen LogP contribution in [-0.4, -0.2) is 33.7 Å². The SMILES string of the molecule is Cc1cccc(Oc2cccc(-c3nn(C4CCCN(C#N)C4)c(N)c3C(N)=O)c2)c1Cl. The number of nitrogens with two attached hydrogens (primary N) is 2. The van der Waals surface area contributed by atoms with Gasteiger partial charge in [-0.2, -0.15) is 10.4 Å². The Kier molecular flexibility index (Phi) is 5.93. The zero-order valence-electron chi connectivity index (χ0n) is 17.6. The number of benzene rings is 2. The fraction of sp³-hybridized carbons (Fsp3) is 0.261. The van der Waals surface area contributed by atoms with Crippen LogP contribution in [0.25, 0.3) is 11.3 Å². The number of primary amides is 1. The third kappa shape index (κ3) is 4.07. The van der Waals surface area contributed by atoms with Crippen LogP contribution >= 0.6 is 11.6 Å². The van der Waals surface area contributed by atoms with Crippen molar-refractivity contribution in [2.24, 2.45) is 5.73 Å². The number of carbonyl (C=O) groups is 1. The average Bonchev–Trinajstić information content (AvgIpc) is 3.14. The van der Waals surface area contributed by atoms with Gasteiger partial charge in [-0.05, 0) is 43.5 Å². The number of rotatable bonds is 5. The van der Waals surface area contributed by atoms with Crippen molar-refractivity contribution in [3.63, 3.8) is 0 Å². The van der Waals surface area contributed by atoms with Gasteiger partial charge in [0.05, 0.1) is 17.6 Å². The Bertz CT molecular complexity index is 1220. The molecule has 0 spiro atoms. The van der Waals surface area contributed by atoms with Gasteiger partial charge in [0, 0.05) is 12.1 Å². The molecule has 1 aliphatic heterocycles. The molecule has 3 aromatic rings. The number of halogens is 1. The molecule has 32 heavy (non-hydrogen) atoms. The minimum Gasteiger partial charge on any atom is -0.456 e. The molecular formula is C23H23ClN6O2. The predicted molar refractivity (Wildman–Crippen MR) is 122 cm³/mol. The molecule has 1 fully saturated rings. The van der Waals surface area contributed by atoms with Gasteiger partial charge in [0.1, 0.15) is 28.6 Å². The Balaban J connectivity index is 1.72. The molecule has 9 heteroatoms. The van der Waals surface area contributed by atoms with E-state index in [-0.39, 0.29) is 17.4 Å². The Hall–Kier alpha value is -3.70. The number of anilines is 1. The number of hydrogen-bond donors (Lipinski definition) is 2. The molecule has 4 rings (SSSR count). The molecule has 8 nitrogen and oxygen atoms in total. The molecule has 1 aromatic heterocycles. The number of aryl methyl sites for hydroxylation is 1. The minimum atomic E-state index is -0.662. The molecular weight excluding hydrogens is 428 g/mol. The monoisotopic (exact) mass is 450 g/mol. The molecule has 0 radical (unpaired) electrons. The standard InChI is InChI=1S/C23H23ClN6O2/c1-14-5-2-9-18(20(14)24)32-17-8-3-6-15(11-17)21-19(23(27)31)22(26)30(28-21)16-7-4-10-29(12-16)13-25/h2-3,5-6,8-9,11,16H,4,7,10,12,26H2,1H3,(H2,27,31). The van der Waals surface area contributed by atoms with Gasteiger partial charge in [0.15, 0.2) is 6.19 Å². The van der Waals surface area contributed by atoms with Crippen molar-refractivity contribution in [2.45, 2.75) is 25.8 Å². The van der Waals surface area contributed by atoms with Gasteiger partial charge in [-0.15, -0.1) is 0 Å². The zero-order chi connectivity index (χ0) is 22.8. The maximum atomic E-state index is 12.3. The number of aromatic nitrogens is 2. The summed E-state index contributed by atoms with van der Waals surface area (Å²) in [6, 6.07) is 12.6. The molecule has 164 valence electrons. The maximum Gasteiger partial charge on any atom is 0.254 e. The highest BCUT2D eigenvalue weighted by atomic mass is 35.5. The molecule has 1 saturated heterocycles. The average molecular weight is 451 g/mol. The number of likely N-dealkylation sites (tertiary alicyclic amines) is 1. The summed E-state index contributed by atoms with van der Waals surface area (Å²) in [4.78, 5) is 13.9. The van der Waals surface area contributed by atoms with E-state index in [1.807, 2.05) is 25.1 Å². The minimum absolute atomic E-state index is 0.124. The van der Waals surface area contributed by atoms with E-state index in [0.29, 0.717) is 40.9 Å². The molecule has 0 bridgehead atoms. The molecule has 1 unspecified atom stereocenters. The van der Waals surface area contributed by atoms with Crippen LogP contribution in [-0.2, 0) is 0 Å². The summed E-state index contributed by atoms with van der Waals surface area (Å²) in [6.45, 7) is 3.08. The molecule has 4 N–H and O–H groups in total. The quantitative estimate of drug-likeness (QED) is 0.564. The summed E-state index contributed by atoms with van der Waals surface area (Å²) in [6.07, 6.45) is 3.81. The van der Waals surface area contributed by atoms with E-state index in [4.69, 9.17) is 27.8 Å². The second kappa shape index (κ2) is 8.81. The summed E-state index contributed by atoms with van der Waals surface area (Å²) >= 11 is 6.36. The third-order valence-electron chi connectivity index (χ3n) is 5.57. The van der Waals surface area contributed by atoms with Gasteiger partial charge in [0.25, 0.3) is 5.91 Å². The van der Waals surface area contributed by atoms with Gasteiger partial charge in [0.2, 0.25) is 0 Å². The number of hydrogen-bond acceptors (Lipinski definition) is 6. The van der Waals surface area contributed by atoms with Crippen LogP contribution in [0.3, 0.4) is 0 Å². The number of nitrogen functional groups attached to an aromatic ring is 1. The fourth-order valence-electron chi connectivity index (χ4n) is 3.95. The fourth-order valence-corrected chi connectivity index (χ4v) is 4.11. The normalized spacial score (nSPS) is 15.9. The van der Waals surface area contributed by atoms with E-state index in [0.717, 1.165) is 18.4 Å². The Labute approximate surface area is 190 Å². The van der Waals surface area contributed by atoms with Crippen LogP contribution in [0.1, 0.15) is 34.8 Å². The van der Waals surface area contributed by atoms with Crippen molar-refractivity contribution >= 4 is 23.3 Å². The van der Waals surface area contributed by atoms with Crippen LogP contribution in [0.4, 0.5) is 5.82 Å². The lowest BCUT2D eigenvalue weighted by molar-refractivity contribution is 0.100. The first-order valence-corrected chi connectivity index (χ1v) is 10.6. The maximum absolute atomic E-state index is 12.3. The topological polar surface area (TPSA) is 123 Å². The van der Waals surface area contributed by atoms with Crippen molar-refractivity contribution in [1.82, 2.24) is 14.7 Å². The molecule has 1 aliphatic rings. The molecule has 2 aromatic carbocycles. The number of amides is 1. The predicted octanol–water partition coefficient (Wildman–Crippen LogP) is 4.10. The lowest BCUT2D eigenvalue weighted by Gasteiger charge is -2.29. The van der Waals surface area contributed by atoms with Crippen molar-refractivity contribution in [1.29, 1.82) is 5.26 Å². The second-order valence-corrected chi connectivity index (χ2v) is 8.15. The summed E-state index contributed by atoms with van der Waals surface area (Å²) in [7, 11) is 0.